The maximum absolute atomic E-state index is 12.0. The molecule has 110 valence electrons. The van der Waals surface area contributed by atoms with Crippen molar-refractivity contribution in [3.63, 3.8) is 0 Å². The lowest BCUT2D eigenvalue weighted by Crippen LogP contribution is -2.30. The fourth-order valence-corrected chi connectivity index (χ4v) is 2.71. The van der Waals surface area contributed by atoms with Crippen molar-refractivity contribution in [2.45, 2.75) is 30.0 Å². The van der Waals surface area contributed by atoms with Gasteiger partial charge in [-0.1, -0.05) is 0 Å². The van der Waals surface area contributed by atoms with Gasteiger partial charge >= 0.3 is 12.1 Å². The summed E-state index contributed by atoms with van der Waals surface area (Å²) in [6, 6.07) is 4.41. The molecule has 2 rings (SSSR count). The van der Waals surface area contributed by atoms with Gasteiger partial charge in [-0.3, -0.25) is 4.79 Å². The molecular formula is C11H11F3N2O3S. The first-order valence-electron chi connectivity index (χ1n) is 5.69. The van der Waals surface area contributed by atoms with Gasteiger partial charge in [0.25, 0.3) is 0 Å². The summed E-state index contributed by atoms with van der Waals surface area (Å²) in [5.41, 5.74) is -0.127. The van der Waals surface area contributed by atoms with Crippen LogP contribution in [0.15, 0.2) is 29.2 Å². The predicted molar refractivity (Wildman–Crippen MR) is 64.5 cm³/mol. The molecule has 1 fully saturated rings. The van der Waals surface area contributed by atoms with Crippen molar-refractivity contribution >= 4 is 21.6 Å². The molecule has 0 unspecified atom stereocenters. The zero-order chi connectivity index (χ0) is 15.0. The SMILES string of the molecule is O=C(Nc1ccc(S(=O)(=O)NC2CC2)cc1)C(F)(F)F. The third-order valence-corrected chi connectivity index (χ3v) is 4.12. The molecule has 5 nitrogen and oxygen atoms in total. The van der Waals surface area contributed by atoms with Gasteiger partial charge in [-0.15, -0.1) is 0 Å². The van der Waals surface area contributed by atoms with E-state index in [-0.39, 0.29) is 16.6 Å². The van der Waals surface area contributed by atoms with E-state index < -0.39 is 22.1 Å². The number of rotatable bonds is 4. The van der Waals surface area contributed by atoms with E-state index in [0.717, 1.165) is 37.1 Å². The highest BCUT2D eigenvalue weighted by atomic mass is 32.2. The number of halogens is 3. The number of hydrogen-bond acceptors (Lipinski definition) is 3. The zero-order valence-electron chi connectivity index (χ0n) is 10.1. The predicted octanol–water partition coefficient (Wildman–Crippen LogP) is 1.63. The number of nitrogens with one attached hydrogen (secondary N) is 2. The quantitative estimate of drug-likeness (QED) is 0.887. The van der Waals surface area contributed by atoms with Crippen molar-refractivity contribution in [2.24, 2.45) is 0 Å². The molecule has 20 heavy (non-hydrogen) atoms. The Morgan fingerprint density at radius 1 is 1.15 bits per heavy atom. The summed E-state index contributed by atoms with van der Waals surface area (Å²) in [6.45, 7) is 0. The van der Waals surface area contributed by atoms with E-state index in [1.165, 1.54) is 0 Å². The third-order valence-electron chi connectivity index (χ3n) is 2.58. The molecule has 9 heteroatoms. The van der Waals surface area contributed by atoms with Gasteiger partial charge in [0, 0.05) is 11.7 Å². The molecule has 1 aromatic carbocycles. The van der Waals surface area contributed by atoms with Crippen molar-refractivity contribution in [3.05, 3.63) is 24.3 Å². The largest absolute Gasteiger partial charge is 0.471 e. The zero-order valence-corrected chi connectivity index (χ0v) is 10.9. The minimum absolute atomic E-state index is 0.0607. The smallest absolute Gasteiger partial charge is 0.318 e. The van der Waals surface area contributed by atoms with Crippen LogP contribution in [0, 0.1) is 0 Å². The van der Waals surface area contributed by atoms with Crippen LogP contribution in [-0.4, -0.2) is 26.5 Å². The highest BCUT2D eigenvalue weighted by Crippen LogP contribution is 2.23. The van der Waals surface area contributed by atoms with Gasteiger partial charge in [0.15, 0.2) is 0 Å². The molecule has 0 saturated heterocycles. The Morgan fingerprint density at radius 3 is 2.15 bits per heavy atom. The van der Waals surface area contributed by atoms with E-state index in [9.17, 15) is 26.4 Å². The number of amides is 1. The number of benzene rings is 1. The second-order valence-corrected chi connectivity index (χ2v) is 6.09. The van der Waals surface area contributed by atoms with Gasteiger partial charge in [-0.25, -0.2) is 13.1 Å². The summed E-state index contributed by atoms with van der Waals surface area (Å²) in [5, 5.41) is 1.63. The number of carbonyl (C=O) groups excluding carboxylic acids is 1. The molecule has 0 bridgehead atoms. The molecule has 0 heterocycles. The summed E-state index contributed by atoms with van der Waals surface area (Å²) in [6.07, 6.45) is -3.43. The Labute approximate surface area is 113 Å². The molecule has 1 aliphatic rings. The number of carbonyl (C=O) groups is 1. The minimum Gasteiger partial charge on any atom is -0.318 e. The molecule has 1 aromatic rings. The summed E-state index contributed by atoms with van der Waals surface area (Å²) in [4.78, 5) is 10.6. The van der Waals surface area contributed by atoms with Gasteiger partial charge in [0.1, 0.15) is 0 Å². The lowest BCUT2D eigenvalue weighted by Gasteiger charge is -2.09. The van der Waals surface area contributed by atoms with Crippen LogP contribution in [-0.2, 0) is 14.8 Å². The number of sulfonamides is 1. The van der Waals surface area contributed by atoms with Crippen LogP contribution < -0.4 is 10.0 Å². The number of anilines is 1. The summed E-state index contributed by atoms with van der Waals surface area (Å²) < 4.78 is 62.1. The molecule has 0 radical (unpaired) electrons. The Hall–Kier alpha value is -1.61. The molecule has 1 saturated carbocycles. The summed E-state index contributed by atoms with van der Waals surface area (Å²) >= 11 is 0. The average molecular weight is 308 g/mol. The minimum atomic E-state index is -4.99. The van der Waals surface area contributed by atoms with Gasteiger partial charge in [-0.05, 0) is 37.1 Å². The first-order chi connectivity index (χ1) is 9.18. The van der Waals surface area contributed by atoms with Crippen LogP contribution >= 0.6 is 0 Å². The van der Waals surface area contributed by atoms with Crippen molar-refractivity contribution < 1.29 is 26.4 Å². The van der Waals surface area contributed by atoms with Gasteiger partial charge in [-0.2, -0.15) is 13.2 Å². The average Bonchev–Trinajstić information content (AvgIpc) is 3.11. The van der Waals surface area contributed by atoms with E-state index in [1.807, 2.05) is 0 Å². The highest BCUT2D eigenvalue weighted by molar-refractivity contribution is 7.89. The Kier molecular flexibility index (Phi) is 3.74. The van der Waals surface area contributed by atoms with Crippen LogP contribution in [0.25, 0.3) is 0 Å². The van der Waals surface area contributed by atoms with Crippen LogP contribution in [0.1, 0.15) is 12.8 Å². The first-order valence-corrected chi connectivity index (χ1v) is 7.17. The van der Waals surface area contributed by atoms with Crippen LogP contribution in [0.3, 0.4) is 0 Å². The molecule has 1 aliphatic carbocycles. The molecule has 0 aromatic heterocycles. The highest BCUT2D eigenvalue weighted by Gasteiger charge is 2.38. The number of hydrogen-bond donors (Lipinski definition) is 2. The Balaban J connectivity index is 2.08. The maximum Gasteiger partial charge on any atom is 0.471 e. The lowest BCUT2D eigenvalue weighted by atomic mass is 10.3. The molecule has 0 aliphatic heterocycles. The lowest BCUT2D eigenvalue weighted by molar-refractivity contribution is -0.167. The topological polar surface area (TPSA) is 75.3 Å². The second-order valence-electron chi connectivity index (χ2n) is 4.37. The monoisotopic (exact) mass is 308 g/mol. The standard InChI is InChI=1S/C11H11F3N2O3S/c12-11(13,14)10(17)15-7-3-5-9(6-4-7)20(18,19)16-8-1-2-8/h3-6,8,16H,1-2H2,(H,15,17). The summed E-state index contributed by atoms with van der Waals surface area (Å²) in [5.74, 6) is -2.11. The number of alkyl halides is 3. The third kappa shape index (κ3) is 3.70. The van der Waals surface area contributed by atoms with E-state index in [4.69, 9.17) is 0 Å². The first kappa shape index (κ1) is 14.8. The maximum atomic E-state index is 12.0. The molecule has 2 N–H and O–H groups in total. The van der Waals surface area contributed by atoms with E-state index in [0.29, 0.717) is 0 Å². The van der Waals surface area contributed by atoms with Crippen molar-refractivity contribution in [2.75, 3.05) is 5.32 Å². The second kappa shape index (κ2) is 5.06. The van der Waals surface area contributed by atoms with Gasteiger partial charge in [0.05, 0.1) is 4.90 Å². The van der Waals surface area contributed by atoms with Gasteiger partial charge in [0.2, 0.25) is 10.0 Å². The molecule has 0 atom stereocenters. The normalized spacial score (nSPS) is 15.9. The van der Waals surface area contributed by atoms with E-state index in [1.54, 1.807) is 5.32 Å². The van der Waals surface area contributed by atoms with E-state index in [2.05, 4.69) is 4.72 Å². The van der Waals surface area contributed by atoms with Gasteiger partial charge < -0.3 is 5.32 Å². The van der Waals surface area contributed by atoms with Crippen molar-refractivity contribution in [3.8, 4) is 0 Å². The summed E-state index contributed by atoms with van der Waals surface area (Å²) in [7, 11) is -3.66. The fourth-order valence-electron chi connectivity index (χ4n) is 1.41. The fraction of sp³-hybridized carbons (Fsp3) is 0.364. The van der Waals surface area contributed by atoms with E-state index >= 15 is 0 Å². The van der Waals surface area contributed by atoms with Crippen LogP contribution in [0.2, 0.25) is 0 Å². The van der Waals surface area contributed by atoms with Crippen molar-refractivity contribution in [1.29, 1.82) is 0 Å². The molecule has 0 spiro atoms. The van der Waals surface area contributed by atoms with Crippen molar-refractivity contribution in [1.82, 2.24) is 4.72 Å². The Bertz CT molecular complexity index is 607. The molecule has 1 amide bonds. The molecular weight excluding hydrogens is 297 g/mol. The van der Waals surface area contributed by atoms with Crippen LogP contribution in [0.5, 0.6) is 0 Å². The van der Waals surface area contributed by atoms with Crippen LogP contribution in [0.4, 0.5) is 18.9 Å². The Morgan fingerprint density at radius 2 is 1.70 bits per heavy atom.